The summed E-state index contributed by atoms with van der Waals surface area (Å²) in [6.07, 6.45) is 0. The molecule has 4 heteroatoms. The lowest BCUT2D eigenvalue weighted by Crippen LogP contribution is -2.06. The van der Waals surface area contributed by atoms with E-state index >= 15 is 0 Å². The molecule has 1 aromatic rings. The molecule has 4 nitrogen and oxygen atoms in total. The van der Waals surface area contributed by atoms with Crippen molar-refractivity contribution in [3.8, 4) is 5.75 Å². The van der Waals surface area contributed by atoms with Gasteiger partial charge in [0.2, 0.25) is 0 Å². The summed E-state index contributed by atoms with van der Waals surface area (Å²) in [5, 5.41) is 8.69. The number of carboxylic acid groups (broad SMARTS) is 1. The zero-order valence-corrected chi connectivity index (χ0v) is 6.98. The Kier molecular flexibility index (Phi) is 2.64. The molecule has 0 atom stereocenters. The Balaban J connectivity index is 0.00000169. The van der Waals surface area contributed by atoms with Gasteiger partial charge in [-0.05, 0) is 12.1 Å². The minimum atomic E-state index is -1.11. The van der Waals surface area contributed by atoms with Gasteiger partial charge in [-0.25, -0.2) is 4.79 Å². The molecule has 0 aliphatic rings. The molecule has 0 saturated carbocycles. The van der Waals surface area contributed by atoms with E-state index in [4.69, 9.17) is 5.11 Å². The summed E-state index contributed by atoms with van der Waals surface area (Å²) in [7, 11) is 0. The SMILES string of the molecule is CC(=O)Oc1ccccc1C(=O)O.[H+]. The van der Waals surface area contributed by atoms with E-state index in [0.717, 1.165) is 0 Å². The number of hydrogen-bond donors (Lipinski definition) is 1. The van der Waals surface area contributed by atoms with Crippen molar-refractivity contribution < 1.29 is 20.9 Å². The van der Waals surface area contributed by atoms with E-state index < -0.39 is 11.9 Å². The highest BCUT2D eigenvalue weighted by Gasteiger charge is 2.10. The number of para-hydroxylation sites is 1. The van der Waals surface area contributed by atoms with Crippen molar-refractivity contribution in [3.63, 3.8) is 0 Å². The van der Waals surface area contributed by atoms with Crippen molar-refractivity contribution in [2.45, 2.75) is 6.92 Å². The number of hydrogen-bond acceptors (Lipinski definition) is 3. The molecule has 0 radical (unpaired) electrons. The van der Waals surface area contributed by atoms with Crippen molar-refractivity contribution >= 4 is 11.9 Å². The zero-order valence-electron chi connectivity index (χ0n) is 7.98. The molecule has 1 aromatic carbocycles. The zero-order chi connectivity index (χ0) is 9.84. The predicted molar refractivity (Wildman–Crippen MR) is 45.8 cm³/mol. The van der Waals surface area contributed by atoms with Gasteiger partial charge in [0.15, 0.2) is 0 Å². The number of rotatable bonds is 2. The summed E-state index contributed by atoms with van der Waals surface area (Å²) in [6.45, 7) is 1.22. The van der Waals surface area contributed by atoms with Crippen LogP contribution in [0.15, 0.2) is 24.3 Å². The molecule has 0 saturated heterocycles. The first-order valence-corrected chi connectivity index (χ1v) is 3.62. The molecular weight excluding hydrogens is 172 g/mol. The third-order valence-corrected chi connectivity index (χ3v) is 1.37. The summed E-state index contributed by atoms with van der Waals surface area (Å²) in [5.74, 6) is -1.58. The quantitative estimate of drug-likeness (QED) is 0.553. The molecule has 0 fully saturated rings. The fourth-order valence-corrected chi connectivity index (χ4v) is 0.887. The lowest BCUT2D eigenvalue weighted by Gasteiger charge is -2.03. The summed E-state index contributed by atoms with van der Waals surface area (Å²) in [5.41, 5.74) is -0.0160. The fourth-order valence-electron chi connectivity index (χ4n) is 0.887. The summed E-state index contributed by atoms with van der Waals surface area (Å²) in [4.78, 5) is 21.2. The number of ether oxygens (including phenoxy) is 1. The van der Waals surface area contributed by atoms with E-state index in [2.05, 4.69) is 4.74 Å². The van der Waals surface area contributed by atoms with Gasteiger partial charge in [0.05, 0.1) is 0 Å². The Morgan fingerprint density at radius 2 is 2.00 bits per heavy atom. The first-order chi connectivity index (χ1) is 6.11. The number of aromatic carboxylic acids is 1. The Morgan fingerprint density at radius 3 is 2.54 bits per heavy atom. The number of carboxylic acids is 1. The minimum Gasteiger partial charge on any atom is -0.478 e. The maximum Gasteiger partial charge on any atom is 1.00 e. The van der Waals surface area contributed by atoms with Gasteiger partial charge in [-0.1, -0.05) is 12.1 Å². The summed E-state index contributed by atoms with van der Waals surface area (Å²) in [6, 6.07) is 5.98. The van der Waals surface area contributed by atoms with E-state index in [1.165, 1.54) is 19.1 Å². The highest BCUT2D eigenvalue weighted by atomic mass is 16.5. The van der Waals surface area contributed by atoms with E-state index in [0.29, 0.717) is 0 Å². The molecule has 13 heavy (non-hydrogen) atoms. The monoisotopic (exact) mass is 181 g/mol. The molecule has 0 unspecified atom stereocenters. The Hall–Kier alpha value is -1.84. The van der Waals surface area contributed by atoms with E-state index in [1.54, 1.807) is 12.1 Å². The molecule has 0 spiro atoms. The van der Waals surface area contributed by atoms with Crippen LogP contribution in [0.3, 0.4) is 0 Å². The smallest absolute Gasteiger partial charge is 0.478 e. The second kappa shape index (κ2) is 3.71. The highest BCUT2D eigenvalue weighted by Crippen LogP contribution is 2.17. The van der Waals surface area contributed by atoms with Crippen molar-refractivity contribution in [3.05, 3.63) is 29.8 Å². The molecule has 0 aliphatic heterocycles. The molecule has 0 bridgehead atoms. The normalized spacial score (nSPS) is 9.31. The molecule has 0 amide bonds. The lowest BCUT2D eigenvalue weighted by atomic mass is 10.2. The van der Waals surface area contributed by atoms with Crippen LogP contribution in [0.2, 0.25) is 0 Å². The Bertz CT molecular complexity index is 348. The maximum absolute atomic E-state index is 10.6. The van der Waals surface area contributed by atoms with Crippen LogP contribution in [0.5, 0.6) is 5.75 Å². The van der Waals surface area contributed by atoms with Gasteiger partial charge in [0, 0.05) is 6.92 Å². The second-order valence-corrected chi connectivity index (χ2v) is 2.39. The average Bonchev–Trinajstić information content (AvgIpc) is 2.03. The van der Waals surface area contributed by atoms with Crippen LogP contribution in [-0.2, 0) is 4.79 Å². The molecular formula is C9H9O4+. The van der Waals surface area contributed by atoms with Crippen LogP contribution in [0.4, 0.5) is 0 Å². The van der Waals surface area contributed by atoms with Gasteiger partial charge >= 0.3 is 13.4 Å². The first kappa shape index (κ1) is 9.25. The van der Waals surface area contributed by atoms with Crippen molar-refractivity contribution in [1.29, 1.82) is 0 Å². The first-order valence-electron chi connectivity index (χ1n) is 3.62. The van der Waals surface area contributed by atoms with Gasteiger partial charge in [0.25, 0.3) is 0 Å². The van der Waals surface area contributed by atoms with Crippen LogP contribution in [0.1, 0.15) is 18.7 Å². The number of carbonyl (C=O) groups is 2. The van der Waals surface area contributed by atoms with Crippen molar-refractivity contribution in [2.24, 2.45) is 0 Å². The topological polar surface area (TPSA) is 63.6 Å². The number of esters is 1. The van der Waals surface area contributed by atoms with Gasteiger partial charge in [-0.2, -0.15) is 0 Å². The Labute approximate surface area is 76.2 Å². The highest BCUT2D eigenvalue weighted by molar-refractivity contribution is 5.91. The molecule has 0 aliphatic carbocycles. The molecule has 0 heterocycles. The van der Waals surface area contributed by atoms with Crippen molar-refractivity contribution in [1.82, 2.24) is 0 Å². The van der Waals surface area contributed by atoms with Gasteiger partial charge in [-0.3, -0.25) is 4.79 Å². The molecule has 1 N–H and O–H groups in total. The van der Waals surface area contributed by atoms with E-state index in [-0.39, 0.29) is 12.7 Å². The predicted octanol–water partition coefficient (Wildman–Crippen LogP) is 1.42. The van der Waals surface area contributed by atoms with Crippen LogP contribution in [0.25, 0.3) is 0 Å². The molecule has 1 rings (SSSR count). The molecule has 0 aromatic heterocycles. The van der Waals surface area contributed by atoms with Gasteiger partial charge < -0.3 is 9.84 Å². The van der Waals surface area contributed by atoms with Crippen LogP contribution in [-0.4, -0.2) is 17.0 Å². The lowest BCUT2D eigenvalue weighted by molar-refractivity contribution is -0.131. The minimum absolute atomic E-state index is 0. The average molecular weight is 181 g/mol. The van der Waals surface area contributed by atoms with Gasteiger partial charge in [0.1, 0.15) is 11.3 Å². The van der Waals surface area contributed by atoms with Crippen LogP contribution in [0, 0.1) is 0 Å². The largest absolute Gasteiger partial charge is 1.00 e. The van der Waals surface area contributed by atoms with E-state index in [9.17, 15) is 9.59 Å². The summed E-state index contributed by atoms with van der Waals surface area (Å²) >= 11 is 0. The molecule has 68 valence electrons. The third kappa shape index (κ3) is 2.30. The van der Waals surface area contributed by atoms with Crippen LogP contribution >= 0.6 is 0 Å². The van der Waals surface area contributed by atoms with E-state index in [1.807, 2.05) is 0 Å². The fraction of sp³-hybridized carbons (Fsp3) is 0.111. The maximum atomic E-state index is 10.6. The summed E-state index contributed by atoms with van der Waals surface area (Å²) < 4.78 is 4.69. The van der Waals surface area contributed by atoms with Crippen molar-refractivity contribution in [2.75, 3.05) is 0 Å². The number of carbonyl (C=O) groups excluding carboxylic acids is 1. The Morgan fingerprint density at radius 1 is 1.38 bits per heavy atom. The van der Waals surface area contributed by atoms with Gasteiger partial charge in [-0.15, -0.1) is 0 Å². The number of benzene rings is 1. The third-order valence-electron chi connectivity index (χ3n) is 1.37. The van der Waals surface area contributed by atoms with Crippen LogP contribution < -0.4 is 4.74 Å². The standard InChI is InChI=1S/C9H8O4/c1-6(10)13-8-5-3-2-4-7(8)9(11)12/h2-5H,1H3,(H,11,12)/p+1. The second-order valence-electron chi connectivity index (χ2n) is 2.39.